The van der Waals surface area contributed by atoms with Crippen LogP contribution in [0.15, 0.2) is 59.6 Å². The van der Waals surface area contributed by atoms with Gasteiger partial charge in [0.1, 0.15) is 12.3 Å². The second-order valence-electron chi connectivity index (χ2n) is 7.42. The van der Waals surface area contributed by atoms with Gasteiger partial charge < -0.3 is 25.2 Å². The van der Waals surface area contributed by atoms with Gasteiger partial charge in [0.15, 0.2) is 5.96 Å². The number of rotatable bonds is 8. The van der Waals surface area contributed by atoms with Gasteiger partial charge in [-0.05, 0) is 43.2 Å². The number of benzene rings is 2. The quantitative estimate of drug-likeness (QED) is 0.300. The van der Waals surface area contributed by atoms with Crippen molar-refractivity contribution in [1.29, 1.82) is 0 Å². The number of hydrogen-bond donors (Lipinski definition) is 2. The molecular weight excluding hydrogens is 517 g/mol. The number of halogens is 1. The van der Waals surface area contributed by atoms with Crippen molar-refractivity contribution >= 4 is 41.5 Å². The second-order valence-corrected chi connectivity index (χ2v) is 7.42. The summed E-state index contributed by atoms with van der Waals surface area (Å²) in [5.41, 5.74) is 2.43. The number of guanidine groups is 1. The van der Waals surface area contributed by atoms with E-state index in [2.05, 4.69) is 44.8 Å². The average Bonchev–Trinajstić information content (AvgIpc) is 2.83. The number of amides is 1. The number of ether oxygens (including phenoxy) is 1. The maximum atomic E-state index is 12.6. The van der Waals surface area contributed by atoms with Crippen LogP contribution in [0.5, 0.6) is 5.75 Å². The van der Waals surface area contributed by atoms with Gasteiger partial charge in [-0.3, -0.25) is 4.79 Å². The first kappa shape index (κ1) is 25.8. The van der Waals surface area contributed by atoms with Crippen LogP contribution in [0.3, 0.4) is 0 Å². The van der Waals surface area contributed by atoms with E-state index in [1.807, 2.05) is 42.2 Å². The molecule has 2 aromatic carbocycles. The summed E-state index contributed by atoms with van der Waals surface area (Å²) >= 11 is 0. The predicted octanol–water partition coefficient (Wildman–Crippen LogP) is 2.76. The van der Waals surface area contributed by atoms with Crippen molar-refractivity contribution in [2.75, 3.05) is 57.8 Å². The number of hydrogen-bond acceptors (Lipinski definition) is 4. The van der Waals surface area contributed by atoms with Crippen molar-refractivity contribution in [3.05, 3.63) is 60.2 Å². The zero-order valence-corrected chi connectivity index (χ0v) is 21.2. The van der Waals surface area contributed by atoms with Gasteiger partial charge in [-0.25, -0.2) is 4.99 Å². The third kappa shape index (κ3) is 7.89. The molecule has 8 heteroatoms. The van der Waals surface area contributed by atoms with E-state index in [1.165, 1.54) is 11.3 Å². The van der Waals surface area contributed by atoms with Crippen LogP contribution in [-0.4, -0.2) is 69.7 Å². The lowest BCUT2D eigenvalue weighted by Gasteiger charge is -2.36. The number of nitrogens with zero attached hydrogens (tertiary/aromatic N) is 3. The SMILES string of the molecule is CCNC(=NCC(=O)N1CCN(c2ccccc2)CC1)NCCc1ccc(OC)cc1.I. The molecule has 1 fully saturated rings. The highest BCUT2D eigenvalue weighted by Crippen LogP contribution is 2.15. The molecule has 1 aliphatic rings. The summed E-state index contributed by atoms with van der Waals surface area (Å²) in [4.78, 5) is 21.4. The molecule has 3 rings (SSSR count). The van der Waals surface area contributed by atoms with E-state index in [1.54, 1.807) is 7.11 Å². The van der Waals surface area contributed by atoms with Crippen LogP contribution in [0.1, 0.15) is 12.5 Å². The van der Waals surface area contributed by atoms with Gasteiger partial charge in [-0.15, -0.1) is 24.0 Å². The van der Waals surface area contributed by atoms with Crippen LogP contribution in [0, 0.1) is 0 Å². The summed E-state index contributed by atoms with van der Waals surface area (Å²) in [6.45, 7) is 6.81. The zero-order valence-electron chi connectivity index (χ0n) is 18.9. The largest absolute Gasteiger partial charge is 0.497 e. The van der Waals surface area contributed by atoms with Gasteiger partial charge in [0.25, 0.3) is 0 Å². The summed E-state index contributed by atoms with van der Waals surface area (Å²) in [6.07, 6.45) is 0.865. The Kier molecular flexibility index (Phi) is 11.1. The molecular formula is C24H34IN5O2. The number of carbonyl (C=O) groups excluding carboxylic acids is 1. The van der Waals surface area contributed by atoms with E-state index in [0.717, 1.165) is 51.4 Å². The number of methoxy groups -OCH3 is 1. The number of aliphatic imine (C=N–C) groups is 1. The molecule has 32 heavy (non-hydrogen) atoms. The molecule has 0 bridgehead atoms. The first-order valence-electron chi connectivity index (χ1n) is 10.9. The van der Waals surface area contributed by atoms with E-state index in [-0.39, 0.29) is 36.4 Å². The standard InChI is InChI=1S/C24H33N5O2.HI/c1-3-25-24(26-14-13-20-9-11-22(31-2)12-10-20)27-19-23(30)29-17-15-28(16-18-29)21-7-5-4-6-8-21;/h4-12H,3,13-19H2,1-2H3,(H2,25,26,27);1H. The maximum Gasteiger partial charge on any atom is 0.244 e. The zero-order chi connectivity index (χ0) is 21.9. The van der Waals surface area contributed by atoms with Crippen molar-refractivity contribution < 1.29 is 9.53 Å². The maximum absolute atomic E-state index is 12.6. The van der Waals surface area contributed by atoms with Crippen LogP contribution >= 0.6 is 24.0 Å². The van der Waals surface area contributed by atoms with E-state index in [0.29, 0.717) is 5.96 Å². The van der Waals surface area contributed by atoms with Crippen LogP contribution in [-0.2, 0) is 11.2 Å². The summed E-state index contributed by atoms with van der Waals surface area (Å²) in [5.74, 6) is 1.60. The van der Waals surface area contributed by atoms with Gasteiger partial charge >= 0.3 is 0 Å². The molecule has 174 valence electrons. The average molecular weight is 551 g/mol. The molecule has 1 aliphatic heterocycles. The number of nitrogens with one attached hydrogen (secondary N) is 2. The first-order valence-corrected chi connectivity index (χ1v) is 10.9. The van der Waals surface area contributed by atoms with Gasteiger partial charge in [0.2, 0.25) is 5.91 Å². The fourth-order valence-corrected chi connectivity index (χ4v) is 3.56. The highest BCUT2D eigenvalue weighted by molar-refractivity contribution is 14.0. The number of anilines is 1. The highest BCUT2D eigenvalue weighted by atomic mass is 127. The minimum atomic E-state index is 0. The normalized spacial score (nSPS) is 13.9. The minimum absolute atomic E-state index is 0. The highest BCUT2D eigenvalue weighted by Gasteiger charge is 2.20. The minimum Gasteiger partial charge on any atom is -0.497 e. The molecule has 0 radical (unpaired) electrons. The van der Waals surface area contributed by atoms with E-state index >= 15 is 0 Å². The lowest BCUT2D eigenvalue weighted by atomic mass is 10.1. The molecule has 2 N–H and O–H groups in total. The number of piperazine rings is 1. The number of carbonyl (C=O) groups is 1. The fourth-order valence-electron chi connectivity index (χ4n) is 3.56. The molecule has 0 atom stereocenters. The Morgan fingerprint density at radius 2 is 1.69 bits per heavy atom. The summed E-state index contributed by atoms with van der Waals surface area (Å²) < 4.78 is 5.19. The van der Waals surface area contributed by atoms with Crippen molar-refractivity contribution in [2.24, 2.45) is 4.99 Å². The van der Waals surface area contributed by atoms with Crippen LogP contribution in [0.2, 0.25) is 0 Å². The van der Waals surface area contributed by atoms with Crippen LogP contribution < -0.4 is 20.3 Å². The Balaban J connectivity index is 0.00000363. The van der Waals surface area contributed by atoms with E-state index in [4.69, 9.17) is 4.74 Å². The Morgan fingerprint density at radius 3 is 2.31 bits per heavy atom. The van der Waals surface area contributed by atoms with Gasteiger partial charge in [0, 0.05) is 45.0 Å². The molecule has 0 saturated carbocycles. The lowest BCUT2D eigenvalue weighted by molar-refractivity contribution is -0.129. The molecule has 1 amide bonds. The van der Waals surface area contributed by atoms with Gasteiger partial charge in [0.05, 0.1) is 7.11 Å². The van der Waals surface area contributed by atoms with Crippen molar-refractivity contribution in [2.45, 2.75) is 13.3 Å². The van der Waals surface area contributed by atoms with Crippen LogP contribution in [0.4, 0.5) is 5.69 Å². The molecule has 0 unspecified atom stereocenters. The van der Waals surface area contributed by atoms with Crippen molar-refractivity contribution in [3.63, 3.8) is 0 Å². The summed E-state index contributed by atoms with van der Waals surface area (Å²) in [7, 11) is 1.67. The molecule has 0 aromatic heterocycles. The third-order valence-corrected chi connectivity index (χ3v) is 5.34. The summed E-state index contributed by atoms with van der Waals surface area (Å²) in [6, 6.07) is 18.4. The molecule has 0 spiro atoms. The van der Waals surface area contributed by atoms with Gasteiger partial charge in [-0.1, -0.05) is 30.3 Å². The van der Waals surface area contributed by atoms with E-state index in [9.17, 15) is 4.79 Å². The molecule has 2 aromatic rings. The number of para-hydroxylation sites is 1. The second kappa shape index (κ2) is 13.8. The van der Waals surface area contributed by atoms with Gasteiger partial charge in [-0.2, -0.15) is 0 Å². The Labute approximate surface area is 208 Å². The molecule has 1 saturated heterocycles. The van der Waals surface area contributed by atoms with Crippen molar-refractivity contribution in [3.8, 4) is 5.75 Å². The molecule has 0 aliphatic carbocycles. The Morgan fingerprint density at radius 1 is 1.00 bits per heavy atom. The summed E-state index contributed by atoms with van der Waals surface area (Å²) in [5, 5.41) is 6.53. The topological polar surface area (TPSA) is 69.2 Å². The molecule has 7 nitrogen and oxygen atoms in total. The molecule has 1 heterocycles. The third-order valence-electron chi connectivity index (χ3n) is 5.34. The first-order chi connectivity index (χ1) is 15.2. The monoisotopic (exact) mass is 551 g/mol. The van der Waals surface area contributed by atoms with E-state index < -0.39 is 0 Å². The van der Waals surface area contributed by atoms with Crippen LogP contribution in [0.25, 0.3) is 0 Å². The predicted molar refractivity (Wildman–Crippen MR) is 141 cm³/mol. The lowest BCUT2D eigenvalue weighted by Crippen LogP contribution is -2.49. The van der Waals surface area contributed by atoms with Crippen molar-refractivity contribution in [1.82, 2.24) is 15.5 Å². The fraction of sp³-hybridized carbons (Fsp3) is 0.417. The Bertz CT molecular complexity index is 837. The Hall–Kier alpha value is -2.49. The smallest absolute Gasteiger partial charge is 0.244 e.